The maximum atomic E-state index is 13.8. The summed E-state index contributed by atoms with van der Waals surface area (Å²) < 4.78 is 24.4. The number of aromatic nitrogens is 2. The van der Waals surface area contributed by atoms with E-state index in [0.29, 0.717) is 55.8 Å². The van der Waals surface area contributed by atoms with Gasteiger partial charge in [0.15, 0.2) is 11.5 Å². The highest BCUT2D eigenvalue weighted by molar-refractivity contribution is 6.35. The number of pyridine rings is 2. The van der Waals surface area contributed by atoms with Crippen LogP contribution in [0.1, 0.15) is 65.3 Å². The Morgan fingerprint density at radius 3 is 2.40 bits per heavy atom. The highest BCUT2D eigenvalue weighted by atomic mass is 35.5. The van der Waals surface area contributed by atoms with Crippen molar-refractivity contribution in [3.63, 3.8) is 0 Å². The van der Waals surface area contributed by atoms with Gasteiger partial charge in [-0.2, -0.15) is 0 Å². The fraction of sp³-hybridized carbons (Fsp3) is 0.400. The number of amides is 1. The van der Waals surface area contributed by atoms with E-state index in [-0.39, 0.29) is 30.8 Å². The Kier molecular flexibility index (Phi) is 9.72. The lowest BCUT2D eigenvalue weighted by Crippen LogP contribution is -2.42. The van der Waals surface area contributed by atoms with E-state index >= 15 is 0 Å². The molecule has 2 aromatic heterocycles. The van der Waals surface area contributed by atoms with Crippen LogP contribution < -0.4 is 14.4 Å². The SMILES string of the molecule is COc1ccc([C@@H](Cc2c(Cl)cncc2Cl)OC(=O)c2ccc(CN(C(=O)O[C@]34CN5CCC3C4C5)c3cccnc3)cc2)cc1OC1CCCC1. The molecule has 1 amide bonds. The van der Waals surface area contributed by atoms with Crippen molar-refractivity contribution in [2.24, 2.45) is 11.8 Å². The Bertz CT molecular complexity index is 1920. The monoisotopic (exact) mass is 742 g/mol. The number of carbonyl (C=O) groups excluding carboxylic acids is 2. The summed E-state index contributed by atoms with van der Waals surface area (Å²) in [7, 11) is 1.60. The highest BCUT2D eigenvalue weighted by Crippen LogP contribution is 2.63. The van der Waals surface area contributed by atoms with Crippen LogP contribution in [0.4, 0.5) is 10.5 Å². The first-order valence-corrected chi connectivity index (χ1v) is 18.6. The molecule has 52 heavy (non-hydrogen) atoms. The minimum Gasteiger partial charge on any atom is -0.493 e. The quantitative estimate of drug-likeness (QED) is 0.133. The van der Waals surface area contributed by atoms with E-state index < -0.39 is 12.1 Å². The summed E-state index contributed by atoms with van der Waals surface area (Å²) in [6.45, 7) is 3.12. The zero-order chi connectivity index (χ0) is 35.8. The number of hydrogen-bond acceptors (Lipinski definition) is 9. The van der Waals surface area contributed by atoms with Crippen molar-refractivity contribution in [2.45, 2.75) is 62.9 Å². The molecule has 5 fully saturated rings. The standard InChI is InChI=1S/C40H40Cl2N4O6/c1-49-35-13-12-27(17-37(35)50-29-6-2-3-7-29)36(18-30-33(41)20-44-21-34(30)42)51-38(47)26-10-8-25(9-11-26)22-46(28-5-4-15-43-19-28)39(48)52-40-24-45-16-14-31(40)32(40)23-45/h4-5,8-13,15,17,19-21,29,31-32,36H,2-3,6-7,14,16,18,22-24H2,1H3/t31?,32?,36-,40-/m1/s1. The molecule has 0 spiro atoms. The second kappa shape index (κ2) is 14.6. The molecular formula is C40H40Cl2N4O6. The van der Waals surface area contributed by atoms with Crippen molar-refractivity contribution in [3.8, 4) is 11.5 Å². The first-order valence-electron chi connectivity index (χ1n) is 17.9. The zero-order valence-corrected chi connectivity index (χ0v) is 30.4. The number of esters is 1. The van der Waals surface area contributed by atoms with Gasteiger partial charge in [-0.15, -0.1) is 0 Å². The van der Waals surface area contributed by atoms with Gasteiger partial charge in [-0.05, 0) is 91.7 Å². The van der Waals surface area contributed by atoms with Crippen LogP contribution >= 0.6 is 23.2 Å². The predicted molar refractivity (Wildman–Crippen MR) is 196 cm³/mol. The summed E-state index contributed by atoms with van der Waals surface area (Å²) in [6.07, 6.45) is 10.8. The second-order valence-corrected chi connectivity index (χ2v) is 15.0. The third-order valence-corrected chi connectivity index (χ3v) is 11.7. The maximum Gasteiger partial charge on any atom is 0.415 e. The molecule has 4 aromatic rings. The minimum absolute atomic E-state index is 0.102. The number of methoxy groups -OCH3 is 1. The number of piperidine rings is 3. The molecule has 3 saturated heterocycles. The smallest absolute Gasteiger partial charge is 0.415 e. The number of nitrogens with zero attached hydrogens (tertiary/aromatic N) is 4. The number of ether oxygens (including phenoxy) is 4. The van der Waals surface area contributed by atoms with Gasteiger partial charge in [0.05, 0.1) is 47.3 Å². The van der Waals surface area contributed by atoms with Crippen molar-refractivity contribution in [2.75, 3.05) is 31.6 Å². The summed E-state index contributed by atoms with van der Waals surface area (Å²) >= 11 is 13.1. The Morgan fingerprint density at radius 2 is 1.75 bits per heavy atom. The largest absolute Gasteiger partial charge is 0.493 e. The number of fused-ring (bicyclic) bond motifs is 1. The lowest BCUT2D eigenvalue weighted by atomic mass is 10.0. The molecule has 270 valence electrons. The maximum absolute atomic E-state index is 13.8. The van der Waals surface area contributed by atoms with Gasteiger partial charge in [-0.25, -0.2) is 9.59 Å². The highest BCUT2D eigenvalue weighted by Gasteiger charge is 2.74. The summed E-state index contributed by atoms with van der Waals surface area (Å²) in [5, 5.41) is 0.751. The molecule has 0 radical (unpaired) electrons. The summed E-state index contributed by atoms with van der Waals surface area (Å²) in [6, 6.07) is 16.2. The molecule has 2 aliphatic carbocycles. The number of hydrogen-bond donors (Lipinski definition) is 0. The van der Waals surface area contributed by atoms with Crippen molar-refractivity contribution in [1.29, 1.82) is 0 Å². The van der Waals surface area contributed by atoms with Crippen LogP contribution in [0.5, 0.6) is 11.5 Å². The van der Waals surface area contributed by atoms with Gasteiger partial charge < -0.3 is 18.9 Å². The molecular weight excluding hydrogens is 703 g/mol. The molecule has 5 atom stereocenters. The van der Waals surface area contributed by atoms with Gasteiger partial charge in [-0.1, -0.05) is 41.4 Å². The molecule has 9 rings (SSSR count). The van der Waals surface area contributed by atoms with Crippen LogP contribution in [-0.4, -0.2) is 65.4 Å². The van der Waals surface area contributed by atoms with Gasteiger partial charge in [0.2, 0.25) is 0 Å². The first-order chi connectivity index (χ1) is 25.3. The van der Waals surface area contributed by atoms with Crippen LogP contribution in [0, 0.1) is 11.8 Å². The van der Waals surface area contributed by atoms with Crippen LogP contribution in [0.2, 0.25) is 10.0 Å². The Hall–Kier alpha value is -4.38. The van der Waals surface area contributed by atoms with Gasteiger partial charge in [-0.3, -0.25) is 19.8 Å². The van der Waals surface area contributed by atoms with E-state index in [9.17, 15) is 9.59 Å². The molecule has 2 aromatic carbocycles. The summed E-state index contributed by atoms with van der Waals surface area (Å²) in [5.41, 5.74) is 2.75. The second-order valence-electron chi connectivity index (χ2n) is 14.2. The first kappa shape index (κ1) is 34.7. The third-order valence-electron chi connectivity index (χ3n) is 11.0. The number of anilines is 1. The lowest BCUT2D eigenvalue weighted by molar-refractivity contribution is 0.0296. The van der Waals surface area contributed by atoms with Crippen molar-refractivity contribution in [3.05, 3.63) is 112 Å². The molecule has 4 bridgehead atoms. The van der Waals surface area contributed by atoms with Gasteiger partial charge in [0, 0.05) is 49.9 Å². The average molecular weight is 744 g/mol. The predicted octanol–water partition coefficient (Wildman–Crippen LogP) is 8.10. The van der Waals surface area contributed by atoms with Crippen molar-refractivity contribution >= 4 is 41.0 Å². The zero-order valence-electron chi connectivity index (χ0n) is 28.9. The number of rotatable bonds is 12. The van der Waals surface area contributed by atoms with E-state index in [1.165, 1.54) is 12.4 Å². The van der Waals surface area contributed by atoms with Crippen LogP contribution in [0.3, 0.4) is 0 Å². The molecule has 3 aliphatic heterocycles. The minimum atomic E-state index is -0.759. The van der Waals surface area contributed by atoms with Gasteiger partial charge in [0.1, 0.15) is 11.7 Å². The van der Waals surface area contributed by atoms with Crippen molar-refractivity contribution < 1.29 is 28.5 Å². The van der Waals surface area contributed by atoms with E-state index in [2.05, 4.69) is 14.9 Å². The van der Waals surface area contributed by atoms with Crippen LogP contribution in [0.25, 0.3) is 0 Å². The van der Waals surface area contributed by atoms with Crippen LogP contribution in [-0.2, 0) is 22.4 Å². The van der Waals surface area contributed by atoms with Crippen LogP contribution in [0.15, 0.2) is 79.4 Å². The topological polar surface area (TPSA) is 103 Å². The fourth-order valence-corrected chi connectivity index (χ4v) is 8.76. The van der Waals surface area contributed by atoms with Gasteiger partial charge in [0.25, 0.3) is 0 Å². The van der Waals surface area contributed by atoms with E-state index in [1.54, 1.807) is 42.6 Å². The number of halogens is 2. The average Bonchev–Trinajstić information content (AvgIpc) is 3.42. The van der Waals surface area contributed by atoms with Gasteiger partial charge >= 0.3 is 12.1 Å². The Morgan fingerprint density at radius 1 is 0.962 bits per heavy atom. The molecule has 0 N–H and O–H groups in total. The van der Waals surface area contributed by atoms with Crippen molar-refractivity contribution in [1.82, 2.24) is 14.9 Å². The fourth-order valence-electron chi connectivity index (χ4n) is 8.24. The lowest BCUT2D eigenvalue weighted by Gasteiger charge is -2.31. The molecule has 3 unspecified atom stereocenters. The molecule has 5 aliphatic rings. The normalized spacial score (nSPS) is 23.5. The summed E-state index contributed by atoms with van der Waals surface area (Å²) in [5.74, 6) is 1.54. The number of benzene rings is 2. The molecule has 12 heteroatoms. The Labute approximate surface area is 312 Å². The third kappa shape index (κ3) is 6.91. The molecule has 10 nitrogen and oxygen atoms in total. The van der Waals surface area contributed by atoms with E-state index in [0.717, 1.165) is 57.3 Å². The Balaban J connectivity index is 1.01. The number of carbonyl (C=O) groups is 2. The van der Waals surface area contributed by atoms with E-state index in [4.69, 9.17) is 42.1 Å². The molecule has 2 saturated carbocycles. The summed E-state index contributed by atoms with van der Waals surface area (Å²) in [4.78, 5) is 39.8. The molecule has 5 heterocycles. The van der Waals surface area contributed by atoms with E-state index in [1.807, 2.05) is 36.4 Å².